The summed E-state index contributed by atoms with van der Waals surface area (Å²) in [7, 11) is 0. The minimum Gasteiger partial charge on any atom is -0.337 e. The van der Waals surface area contributed by atoms with Crippen molar-refractivity contribution in [2.24, 2.45) is 0 Å². The molecule has 1 N–H and O–H groups in total. The van der Waals surface area contributed by atoms with E-state index in [9.17, 15) is 14.9 Å². The van der Waals surface area contributed by atoms with Crippen molar-refractivity contribution in [1.29, 1.82) is 5.26 Å². The van der Waals surface area contributed by atoms with Crippen molar-refractivity contribution in [3.05, 3.63) is 76.2 Å². The Labute approximate surface area is 173 Å². The van der Waals surface area contributed by atoms with Gasteiger partial charge >= 0.3 is 0 Å². The van der Waals surface area contributed by atoms with Crippen molar-refractivity contribution < 1.29 is 9.59 Å². The predicted molar refractivity (Wildman–Crippen MR) is 114 cm³/mol. The van der Waals surface area contributed by atoms with Crippen LogP contribution in [-0.2, 0) is 17.8 Å². The quantitative estimate of drug-likeness (QED) is 0.705. The zero-order chi connectivity index (χ0) is 20.4. The highest BCUT2D eigenvalue weighted by Gasteiger charge is 2.26. The van der Waals surface area contributed by atoms with E-state index in [2.05, 4.69) is 11.4 Å². The molecule has 5 nitrogen and oxygen atoms in total. The summed E-state index contributed by atoms with van der Waals surface area (Å²) in [5, 5.41) is 13.1. The number of thiophene rings is 1. The van der Waals surface area contributed by atoms with Gasteiger partial charge in [-0.05, 0) is 35.2 Å². The van der Waals surface area contributed by atoms with Gasteiger partial charge in [0.1, 0.15) is 11.1 Å². The lowest BCUT2D eigenvalue weighted by atomic mass is 10.0. The van der Waals surface area contributed by atoms with E-state index in [-0.39, 0.29) is 11.8 Å². The number of benzene rings is 2. The number of carbonyl (C=O) groups excluding carboxylic acids is 2. The van der Waals surface area contributed by atoms with Crippen LogP contribution in [0.2, 0.25) is 0 Å². The van der Waals surface area contributed by atoms with Gasteiger partial charge in [0, 0.05) is 23.9 Å². The van der Waals surface area contributed by atoms with Crippen LogP contribution in [0.15, 0.2) is 54.6 Å². The Morgan fingerprint density at radius 3 is 2.41 bits per heavy atom. The molecule has 0 radical (unpaired) electrons. The number of nitrogens with zero attached hydrogens (tertiary/aromatic N) is 2. The number of hydrogen-bond donors (Lipinski definition) is 1. The van der Waals surface area contributed by atoms with Crippen LogP contribution in [0.4, 0.5) is 5.00 Å². The molecule has 4 rings (SSSR count). The van der Waals surface area contributed by atoms with E-state index in [4.69, 9.17) is 0 Å². The van der Waals surface area contributed by atoms with E-state index in [1.165, 1.54) is 11.3 Å². The maximum atomic E-state index is 12.7. The molecule has 0 atom stereocenters. The van der Waals surface area contributed by atoms with Crippen LogP contribution in [-0.4, -0.2) is 23.3 Å². The number of amides is 2. The maximum Gasteiger partial charge on any atom is 0.256 e. The Hall–Kier alpha value is -3.43. The van der Waals surface area contributed by atoms with E-state index in [0.717, 1.165) is 21.6 Å². The molecule has 0 aliphatic carbocycles. The van der Waals surface area contributed by atoms with Crippen LogP contribution in [0, 0.1) is 11.3 Å². The van der Waals surface area contributed by atoms with Gasteiger partial charge in [0.2, 0.25) is 5.91 Å². The molecule has 0 spiro atoms. The molecular formula is C23H19N3O2S. The van der Waals surface area contributed by atoms with Crippen molar-refractivity contribution >= 4 is 28.2 Å². The lowest BCUT2D eigenvalue weighted by Crippen LogP contribution is -2.33. The Bertz CT molecular complexity index is 1110. The molecule has 1 aliphatic heterocycles. The van der Waals surface area contributed by atoms with Gasteiger partial charge in [0.15, 0.2) is 0 Å². The van der Waals surface area contributed by atoms with Gasteiger partial charge < -0.3 is 10.2 Å². The molecule has 29 heavy (non-hydrogen) atoms. The fourth-order valence-electron chi connectivity index (χ4n) is 3.50. The van der Waals surface area contributed by atoms with Crippen LogP contribution >= 0.6 is 11.3 Å². The predicted octanol–water partition coefficient (Wildman–Crippen LogP) is 4.44. The van der Waals surface area contributed by atoms with E-state index in [1.807, 2.05) is 42.5 Å². The summed E-state index contributed by atoms with van der Waals surface area (Å²) in [6.07, 6.45) is 0.635. The number of fused-ring (bicyclic) bond motifs is 1. The maximum absolute atomic E-state index is 12.7. The van der Waals surface area contributed by atoms with Gasteiger partial charge in [-0.1, -0.05) is 42.5 Å². The monoisotopic (exact) mass is 401 g/mol. The summed E-state index contributed by atoms with van der Waals surface area (Å²) in [6, 6.07) is 19.6. The molecule has 6 heteroatoms. The number of carbonyl (C=O) groups is 2. The average Bonchev–Trinajstić information content (AvgIpc) is 3.10. The second kappa shape index (κ2) is 7.90. The summed E-state index contributed by atoms with van der Waals surface area (Å²) in [5.41, 5.74) is 4.13. The Kier molecular flexibility index (Phi) is 5.15. The molecule has 0 unspecified atom stereocenters. The lowest BCUT2D eigenvalue weighted by Gasteiger charge is -2.25. The zero-order valence-corrected chi connectivity index (χ0v) is 16.8. The first-order valence-corrected chi connectivity index (χ1v) is 10.2. The van der Waals surface area contributed by atoms with E-state index in [0.29, 0.717) is 35.6 Å². The molecule has 0 saturated heterocycles. The second-order valence-corrected chi connectivity index (χ2v) is 8.01. The average molecular weight is 401 g/mol. The van der Waals surface area contributed by atoms with Crippen LogP contribution in [0.3, 0.4) is 0 Å². The van der Waals surface area contributed by atoms with E-state index in [1.54, 1.807) is 24.0 Å². The van der Waals surface area contributed by atoms with Crippen molar-refractivity contribution in [2.45, 2.75) is 19.9 Å². The van der Waals surface area contributed by atoms with Crippen LogP contribution < -0.4 is 5.32 Å². The molecule has 2 amide bonds. The first kappa shape index (κ1) is 18.9. The molecule has 0 saturated carbocycles. The number of nitrogens with one attached hydrogen (secondary N) is 1. The highest BCUT2D eigenvalue weighted by molar-refractivity contribution is 7.16. The van der Waals surface area contributed by atoms with Crippen molar-refractivity contribution in [3.63, 3.8) is 0 Å². The standard InChI is InChI=1S/C23H19N3O2S/c1-15(27)26-12-11-19-20(13-24)23(29-21(19)14-26)25-22(28)18-9-7-17(8-10-18)16-5-3-2-4-6-16/h2-10H,11-12,14H2,1H3,(H,25,28). The normalized spacial score (nSPS) is 12.8. The molecule has 1 aromatic heterocycles. The summed E-state index contributed by atoms with van der Waals surface area (Å²) < 4.78 is 0. The minimum atomic E-state index is -0.247. The van der Waals surface area contributed by atoms with Crippen molar-refractivity contribution in [2.75, 3.05) is 11.9 Å². The largest absolute Gasteiger partial charge is 0.337 e. The molecular weight excluding hydrogens is 382 g/mol. The summed E-state index contributed by atoms with van der Waals surface area (Å²) >= 11 is 1.38. The van der Waals surface area contributed by atoms with Gasteiger partial charge in [-0.2, -0.15) is 5.26 Å². The molecule has 0 bridgehead atoms. The fraction of sp³-hybridized carbons (Fsp3) is 0.174. The number of hydrogen-bond acceptors (Lipinski definition) is 4. The van der Waals surface area contributed by atoms with Crippen molar-refractivity contribution in [3.8, 4) is 17.2 Å². The first-order valence-electron chi connectivity index (χ1n) is 9.34. The molecule has 2 heterocycles. The number of rotatable bonds is 3. The highest BCUT2D eigenvalue weighted by atomic mass is 32.1. The molecule has 2 aromatic carbocycles. The van der Waals surface area contributed by atoms with E-state index >= 15 is 0 Å². The highest BCUT2D eigenvalue weighted by Crippen LogP contribution is 2.37. The van der Waals surface area contributed by atoms with Crippen molar-refractivity contribution in [1.82, 2.24) is 4.90 Å². The minimum absolute atomic E-state index is 0.0200. The SMILES string of the molecule is CC(=O)N1CCc2c(sc(NC(=O)c3ccc(-c4ccccc4)cc3)c2C#N)C1. The fourth-order valence-corrected chi connectivity index (χ4v) is 4.71. The van der Waals surface area contributed by atoms with Gasteiger partial charge in [-0.3, -0.25) is 9.59 Å². The summed E-state index contributed by atoms with van der Waals surface area (Å²) in [6.45, 7) is 2.64. The second-order valence-electron chi connectivity index (χ2n) is 6.91. The molecule has 144 valence electrons. The summed E-state index contributed by atoms with van der Waals surface area (Å²) in [4.78, 5) is 27.1. The van der Waals surface area contributed by atoms with Gasteiger partial charge in [-0.15, -0.1) is 11.3 Å². The Morgan fingerprint density at radius 2 is 1.76 bits per heavy atom. The topological polar surface area (TPSA) is 73.2 Å². The molecule has 3 aromatic rings. The molecule has 0 fully saturated rings. The van der Waals surface area contributed by atoms with Crippen LogP contribution in [0.25, 0.3) is 11.1 Å². The lowest BCUT2D eigenvalue weighted by molar-refractivity contribution is -0.129. The Morgan fingerprint density at radius 1 is 1.07 bits per heavy atom. The van der Waals surface area contributed by atoms with Gasteiger partial charge in [0.05, 0.1) is 12.1 Å². The third-order valence-electron chi connectivity index (χ3n) is 5.10. The van der Waals surface area contributed by atoms with Crippen LogP contribution in [0.1, 0.15) is 33.3 Å². The smallest absolute Gasteiger partial charge is 0.256 e. The number of anilines is 1. The van der Waals surface area contributed by atoms with E-state index < -0.39 is 0 Å². The number of nitriles is 1. The van der Waals surface area contributed by atoms with Crippen LogP contribution in [0.5, 0.6) is 0 Å². The van der Waals surface area contributed by atoms with Gasteiger partial charge in [-0.25, -0.2) is 0 Å². The molecule has 1 aliphatic rings. The summed E-state index contributed by atoms with van der Waals surface area (Å²) in [5.74, 6) is -0.227. The zero-order valence-electron chi connectivity index (χ0n) is 15.9. The third kappa shape index (κ3) is 3.78. The first-order chi connectivity index (χ1) is 14.1. The Balaban J connectivity index is 1.55. The van der Waals surface area contributed by atoms with Gasteiger partial charge in [0.25, 0.3) is 5.91 Å². The third-order valence-corrected chi connectivity index (χ3v) is 6.23.